The molecule has 0 heterocycles. The molecule has 0 aliphatic rings. The Labute approximate surface area is 109 Å². The van der Waals surface area contributed by atoms with Gasteiger partial charge in [-0.3, -0.25) is 4.79 Å². The van der Waals surface area contributed by atoms with Gasteiger partial charge in [0.2, 0.25) is 5.78 Å². The van der Waals surface area contributed by atoms with Gasteiger partial charge in [-0.05, 0) is 29.8 Å². The van der Waals surface area contributed by atoms with E-state index in [-0.39, 0.29) is 12.2 Å². The highest BCUT2D eigenvalue weighted by Gasteiger charge is 2.19. The monoisotopic (exact) mass is 262 g/mol. The Kier molecular flexibility index (Phi) is 4.36. The molecule has 0 aliphatic heterocycles. The van der Waals surface area contributed by atoms with Crippen molar-refractivity contribution >= 4 is 5.78 Å². The number of alkyl halides is 1. The zero-order valence-electron chi connectivity index (χ0n) is 10.1. The van der Waals surface area contributed by atoms with Crippen molar-refractivity contribution in [2.24, 2.45) is 0 Å². The second-order valence-electron chi connectivity index (χ2n) is 3.98. The van der Waals surface area contributed by atoms with Crippen LogP contribution in [0.2, 0.25) is 0 Å². The van der Waals surface area contributed by atoms with Crippen molar-refractivity contribution in [2.45, 2.75) is 13.0 Å². The van der Waals surface area contributed by atoms with Gasteiger partial charge in [-0.2, -0.15) is 0 Å². The molecule has 0 amide bonds. The van der Waals surface area contributed by atoms with Crippen LogP contribution in [0.25, 0.3) is 0 Å². The number of rotatable bonds is 5. The predicted molar refractivity (Wildman–Crippen MR) is 66.9 cm³/mol. The molecule has 0 N–H and O–H groups in total. The second-order valence-corrected chi connectivity index (χ2v) is 3.98. The van der Waals surface area contributed by atoms with E-state index < -0.39 is 18.0 Å². The highest BCUT2D eigenvalue weighted by Crippen LogP contribution is 2.11. The smallest absolute Gasteiger partial charge is 0.263 e. The molecule has 0 saturated carbocycles. The average Bonchev–Trinajstić information content (AvgIpc) is 2.46. The summed E-state index contributed by atoms with van der Waals surface area (Å²) in [5, 5.41) is 0. The first kappa shape index (κ1) is 13.4. The van der Waals surface area contributed by atoms with Crippen molar-refractivity contribution in [1.29, 1.82) is 0 Å². The molecular weight excluding hydrogens is 250 g/mol. The summed E-state index contributed by atoms with van der Waals surface area (Å²) in [6.07, 6.45) is -2.05. The van der Waals surface area contributed by atoms with Gasteiger partial charge in [-0.25, -0.2) is 8.78 Å². The standard InChI is InChI=1S/C15H12F2O2/c16-13-8-6-12(7-9-13)14(18)15(17)19-10-11-4-2-1-3-5-11/h1-9,15H,10H2/t15-/m1/s1. The van der Waals surface area contributed by atoms with Crippen LogP contribution in [-0.4, -0.2) is 12.1 Å². The minimum Gasteiger partial charge on any atom is -0.337 e. The summed E-state index contributed by atoms with van der Waals surface area (Å²) in [6, 6.07) is 13.7. The number of ketones is 1. The third-order valence-electron chi connectivity index (χ3n) is 2.57. The van der Waals surface area contributed by atoms with Crippen LogP contribution in [0.15, 0.2) is 54.6 Å². The zero-order valence-corrected chi connectivity index (χ0v) is 10.1. The number of carbonyl (C=O) groups excluding carboxylic acids is 1. The van der Waals surface area contributed by atoms with Gasteiger partial charge < -0.3 is 4.74 Å². The lowest BCUT2D eigenvalue weighted by atomic mass is 10.1. The van der Waals surface area contributed by atoms with Gasteiger partial charge in [-0.15, -0.1) is 0 Å². The van der Waals surface area contributed by atoms with E-state index in [1.165, 1.54) is 12.1 Å². The van der Waals surface area contributed by atoms with Crippen molar-refractivity contribution in [3.05, 3.63) is 71.5 Å². The number of halogens is 2. The van der Waals surface area contributed by atoms with E-state index in [0.29, 0.717) is 0 Å². The third kappa shape index (κ3) is 3.69. The summed E-state index contributed by atoms with van der Waals surface area (Å²) < 4.78 is 31.2. The number of hydrogen-bond donors (Lipinski definition) is 0. The Balaban J connectivity index is 1.94. The van der Waals surface area contributed by atoms with E-state index >= 15 is 0 Å². The summed E-state index contributed by atoms with van der Waals surface area (Å²) >= 11 is 0. The summed E-state index contributed by atoms with van der Waals surface area (Å²) in [5.41, 5.74) is 0.860. The number of ether oxygens (including phenoxy) is 1. The second kappa shape index (κ2) is 6.20. The Morgan fingerprint density at radius 3 is 2.32 bits per heavy atom. The van der Waals surface area contributed by atoms with Crippen molar-refractivity contribution < 1.29 is 18.3 Å². The minimum absolute atomic E-state index is 0.00887. The van der Waals surface area contributed by atoms with E-state index in [4.69, 9.17) is 4.74 Å². The maximum atomic E-state index is 13.6. The Bertz CT molecular complexity index is 538. The molecule has 0 radical (unpaired) electrons. The van der Waals surface area contributed by atoms with E-state index in [0.717, 1.165) is 17.7 Å². The molecule has 2 aromatic rings. The highest BCUT2D eigenvalue weighted by molar-refractivity contribution is 5.98. The molecular formula is C15H12F2O2. The lowest BCUT2D eigenvalue weighted by molar-refractivity contribution is -0.0294. The van der Waals surface area contributed by atoms with Gasteiger partial charge >= 0.3 is 0 Å². The normalized spacial score (nSPS) is 12.1. The number of benzene rings is 2. The van der Waals surface area contributed by atoms with Crippen LogP contribution >= 0.6 is 0 Å². The van der Waals surface area contributed by atoms with E-state index in [2.05, 4.69) is 0 Å². The van der Waals surface area contributed by atoms with Gasteiger partial charge in [0, 0.05) is 5.56 Å². The lowest BCUT2D eigenvalue weighted by Gasteiger charge is -2.09. The van der Waals surface area contributed by atoms with Crippen molar-refractivity contribution in [3.63, 3.8) is 0 Å². The zero-order chi connectivity index (χ0) is 13.7. The topological polar surface area (TPSA) is 26.3 Å². The molecule has 98 valence electrons. The van der Waals surface area contributed by atoms with Crippen LogP contribution in [-0.2, 0) is 11.3 Å². The Morgan fingerprint density at radius 2 is 1.68 bits per heavy atom. The number of carbonyl (C=O) groups is 1. The van der Waals surface area contributed by atoms with Crippen LogP contribution in [0, 0.1) is 5.82 Å². The molecule has 0 fully saturated rings. The molecule has 19 heavy (non-hydrogen) atoms. The van der Waals surface area contributed by atoms with Crippen LogP contribution in [0.5, 0.6) is 0 Å². The maximum absolute atomic E-state index is 13.6. The molecule has 0 saturated heterocycles. The molecule has 1 atom stereocenters. The SMILES string of the molecule is O=C(c1ccc(F)cc1)[C@H](F)OCc1ccccc1. The van der Waals surface area contributed by atoms with Crippen LogP contribution in [0.3, 0.4) is 0 Å². The quantitative estimate of drug-likeness (QED) is 0.771. The van der Waals surface area contributed by atoms with Gasteiger partial charge in [0.25, 0.3) is 6.36 Å². The average molecular weight is 262 g/mol. The number of hydrogen-bond acceptors (Lipinski definition) is 2. The maximum Gasteiger partial charge on any atom is 0.263 e. The predicted octanol–water partition coefficient (Wildman–Crippen LogP) is 3.52. The van der Waals surface area contributed by atoms with Crippen molar-refractivity contribution in [1.82, 2.24) is 0 Å². The molecule has 0 aromatic heterocycles. The first-order valence-corrected chi connectivity index (χ1v) is 5.76. The molecule has 0 unspecified atom stereocenters. The Hall–Kier alpha value is -2.07. The molecule has 2 aromatic carbocycles. The number of Topliss-reactive ketones (excluding diaryl/α,β-unsaturated/α-hetero) is 1. The minimum atomic E-state index is -2.05. The first-order valence-electron chi connectivity index (χ1n) is 5.76. The van der Waals surface area contributed by atoms with Crippen molar-refractivity contribution in [2.75, 3.05) is 0 Å². The summed E-state index contributed by atoms with van der Waals surface area (Å²) in [7, 11) is 0. The lowest BCUT2D eigenvalue weighted by Crippen LogP contribution is -2.19. The van der Waals surface area contributed by atoms with Gasteiger partial charge in [0.05, 0.1) is 6.61 Å². The van der Waals surface area contributed by atoms with E-state index in [1.54, 1.807) is 24.3 Å². The first-order chi connectivity index (χ1) is 9.16. The molecule has 2 nitrogen and oxygen atoms in total. The van der Waals surface area contributed by atoms with Crippen molar-refractivity contribution in [3.8, 4) is 0 Å². The molecule has 0 spiro atoms. The fraction of sp³-hybridized carbons (Fsp3) is 0.133. The van der Waals surface area contributed by atoms with Crippen LogP contribution in [0.1, 0.15) is 15.9 Å². The molecule has 0 bridgehead atoms. The molecule has 2 rings (SSSR count). The van der Waals surface area contributed by atoms with Gasteiger partial charge in [0.15, 0.2) is 0 Å². The van der Waals surface area contributed by atoms with Crippen LogP contribution < -0.4 is 0 Å². The van der Waals surface area contributed by atoms with E-state index in [9.17, 15) is 13.6 Å². The molecule has 0 aliphatic carbocycles. The summed E-state index contributed by atoms with van der Waals surface area (Å²) in [6.45, 7) is 0.00887. The highest BCUT2D eigenvalue weighted by atomic mass is 19.1. The molecule has 4 heteroatoms. The largest absolute Gasteiger partial charge is 0.337 e. The Morgan fingerprint density at radius 1 is 1.05 bits per heavy atom. The third-order valence-corrected chi connectivity index (χ3v) is 2.57. The fourth-order valence-electron chi connectivity index (χ4n) is 1.56. The van der Waals surface area contributed by atoms with Gasteiger partial charge in [0.1, 0.15) is 5.82 Å². The van der Waals surface area contributed by atoms with Gasteiger partial charge in [-0.1, -0.05) is 30.3 Å². The summed E-state index contributed by atoms with van der Waals surface area (Å²) in [5.74, 6) is -1.28. The van der Waals surface area contributed by atoms with Crippen LogP contribution in [0.4, 0.5) is 8.78 Å². The van der Waals surface area contributed by atoms with E-state index in [1.807, 2.05) is 6.07 Å². The fourth-order valence-corrected chi connectivity index (χ4v) is 1.56. The summed E-state index contributed by atoms with van der Waals surface area (Å²) in [4.78, 5) is 11.7.